The fraction of sp³-hybridized carbons (Fsp3) is 0.786. The van der Waals surface area contributed by atoms with Crippen LogP contribution in [-0.2, 0) is 9.59 Å². The molecule has 0 bridgehead atoms. The first kappa shape index (κ1) is 15.6. The number of piperidine rings is 1. The highest BCUT2D eigenvalue weighted by Gasteiger charge is 2.31. The molecular formula is C14H24N4O3. The van der Waals surface area contributed by atoms with Crippen molar-refractivity contribution >= 4 is 17.8 Å². The Kier molecular flexibility index (Phi) is 5.03. The van der Waals surface area contributed by atoms with Crippen molar-refractivity contribution in [1.82, 2.24) is 21.1 Å². The van der Waals surface area contributed by atoms with Crippen LogP contribution < -0.4 is 16.2 Å². The number of nitrogens with one attached hydrogen (secondary N) is 3. The van der Waals surface area contributed by atoms with E-state index in [2.05, 4.69) is 16.2 Å². The van der Waals surface area contributed by atoms with Crippen LogP contribution in [0.3, 0.4) is 0 Å². The topological polar surface area (TPSA) is 90.5 Å². The van der Waals surface area contributed by atoms with E-state index in [1.807, 2.05) is 13.8 Å². The number of hydrogen-bond acceptors (Lipinski definition) is 3. The molecule has 1 aliphatic heterocycles. The predicted octanol–water partition coefficient (Wildman–Crippen LogP) is 0.374. The van der Waals surface area contributed by atoms with Gasteiger partial charge in [-0.15, -0.1) is 0 Å². The summed E-state index contributed by atoms with van der Waals surface area (Å²) < 4.78 is 0. The SMILES string of the molecule is CC(C)NC(=O)N1CCC(C(=O)NNC(=O)C2CC2)CC1. The Morgan fingerprint density at radius 3 is 1.81 bits per heavy atom. The Morgan fingerprint density at radius 1 is 0.905 bits per heavy atom. The van der Waals surface area contributed by atoms with Crippen molar-refractivity contribution in [3.63, 3.8) is 0 Å². The minimum atomic E-state index is -0.159. The van der Waals surface area contributed by atoms with Crippen LogP contribution in [0, 0.1) is 11.8 Å². The standard InChI is InChI=1S/C14H24N4O3/c1-9(2)15-14(21)18-7-5-11(6-8-18)13(20)17-16-12(19)10-3-4-10/h9-11H,3-8H2,1-2H3,(H,15,21)(H,16,19)(H,17,20). The van der Waals surface area contributed by atoms with Crippen LogP contribution in [0.4, 0.5) is 4.79 Å². The zero-order chi connectivity index (χ0) is 15.4. The molecule has 0 aromatic heterocycles. The van der Waals surface area contributed by atoms with Gasteiger partial charge in [-0.2, -0.15) is 0 Å². The second-order valence-electron chi connectivity index (χ2n) is 6.12. The molecule has 0 atom stereocenters. The molecule has 1 saturated carbocycles. The first-order valence-corrected chi connectivity index (χ1v) is 7.62. The van der Waals surface area contributed by atoms with Gasteiger partial charge in [-0.25, -0.2) is 4.79 Å². The summed E-state index contributed by atoms with van der Waals surface area (Å²) in [5, 5.41) is 2.85. The van der Waals surface area contributed by atoms with Gasteiger partial charge in [0.15, 0.2) is 0 Å². The van der Waals surface area contributed by atoms with Gasteiger partial charge in [-0.05, 0) is 39.5 Å². The number of nitrogens with zero attached hydrogens (tertiary/aromatic N) is 1. The quantitative estimate of drug-likeness (QED) is 0.657. The molecule has 1 aliphatic carbocycles. The lowest BCUT2D eigenvalue weighted by Gasteiger charge is -2.31. The first-order chi connectivity index (χ1) is 9.97. The molecule has 4 amide bonds. The molecule has 0 unspecified atom stereocenters. The number of likely N-dealkylation sites (tertiary alicyclic amines) is 1. The van der Waals surface area contributed by atoms with E-state index in [9.17, 15) is 14.4 Å². The Labute approximate surface area is 124 Å². The lowest BCUT2D eigenvalue weighted by molar-refractivity contribution is -0.132. The number of amides is 4. The molecule has 1 heterocycles. The van der Waals surface area contributed by atoms with Crippen LogP contribution in [-0.4, -0.2) is 41.9 Å². The van der Waals surface area contributed by atoms with Crippen LogP contribution in [0.15, 0.2) is 0 Å². The summed E-state index contributed by atoms with van der Waals surface area (Å²) in [4.78, 5) is 37.0. The average molecular weight is 296 g/mol. The first-order valence-electron chi connectivity index (χ1n) is 7.62. The van der Waals surface area contributed by atoms with E-state index < -0.39 is 0 Å². The monoisotopic (exact) mass is 296 g/mol. The third-order valence-corrected chi connectivity index (χ3v) is 3.82. The predicted molar refractivity (Wildman–Crippen MR) is 77.0 cm³/mol. The van der Waals surface area contributed by atoms with Crippen molar-refractivity contribution in [1.29, 1.82) is 0 Å². The summed E-state index contributed by atoms with van der Waals surface area (Å²) in [5.41, 5.74) is 4.96. The van der Waals surface area contributed by atoms with E-state index in [-0.39, 0.29) is 35.7 Å². The summed E-state index contributed by atoms with van der Waals surface area (Å²) in [7, 11) is 0. The zero-order valence-corrected chi connectivity index (χ0v) is 12.6. The summed E-state index contributed by atoms with van der Waals surface area (Å²) in [5.74, 6) is -0.329. The van der Waals surface area contributed by atoms with E-state index in [4.69, 9.17) is 0 Å². The second kappa shape index (κ2) is 6.78. The lowest BCUT2D eigenvalue weighted by atomic mass is 9.96. The number of urea groups is 1. The Morgan fingerprint density at radius 2 is 1.38 bits per heavy atom. The van der Waals surface area contributed by atoms with Gasteiger partial charge in [0, 0.05) is 31.0 Å². The van der Waals surface area contributed by atoms with Crippen molar-refractivity contribution in [2.24, 2.45) is 11.8 Å². The molecule has 1 saturated heterocycles. The van der Waals surface area contributed by atoms with Gasteiger partial charge >= 0.3 is 6.03 Å². The maximum Gasteiger partial charge on any atom is 0.317 e. The maximum atomic E-state index is 12.0. The molecule has 0 spiro atoms. The number of hydrogen-bond donors (Lipinski definition) is 3. The fourth-order valence-electron chi connectivity index (χ4n) is 2.36. The largest absolute Gasteiger partial charge is 0.336 e. The third-order valence-electron chi connectivity index (χ3n) is 3.82. The summed E-state index contributed by atoms with van der Waals surface area (Å²) in [6, 6.07) is 0.0297. The van der Waals surface area contributed by atoms with E-state index >= 15 is 0 Å². The molecule has 2 rings (SSSR count). The van der Waals surface area contributed by atoms with Gasteiger partial charge in [-0.3, -0.25) is 20.4 Å². The van der Waals surface area contributed by atoms with Crippen LogP contribution in [0.1, 0.15) is 39.5 Å². The minimum absolute atomic E-state index is 0.0758. The third kappa shape index (κ3) is 4.61. The lowest BCUT2D eigenvalue weighted by Crippen LogP contribution is -2.50. The molecule has 21 heavy (non-hydrogen) atoms. The normalized spacial score (nSPS) is 19.3. The molecule has 0 radical (unpaired) electrons. The highest BCUT2D eigenvalue weighted by Crippen LogP contribution is 2.28. The van der Waals surface area contributed by atoms with Crippen molar-refractivity contribution in [3.05, 3.63) is 0 Å². The number of rotatable bonds is 3. The summed E-state index contributed by atoms with van der Waals surface area (Å²) in [6.45, 7) is 4.96. The van der Waals surface area contributed by atoms with E-state index in [0.717, 1.165) is 12.8 Å². The number of hydrazine groups is 1. The van der Waals surface area contributed by atoms with Gasteiger partial charge in [-0.1, -0.05) is 0 Å². The number of carbonyl (C=O) groups is 3. The molecule has 0 aromatic carbocycles. The fourth-order valence-corrected chi connectivity index (χ4v) is 2.36. The van der Waals surface area contributed by atoms with Crippen molar-refractivity contribution in [2.75, 3.05) is 13.1 Å². The Hall–Kier alpha value is -1.79. The summed E-state index contributed by atoms with van der Waals surface area (Å²) >= 11 is 0. The van der Waals surface area contributed by atoms with Crippen molar-refractivity contribution < 1.29 is 14.4 Å². The van der Waals surface area contributed by atoms with Gasteiger partial charge in [0.25, 0.3) is 0 Å². The minimum Gasteiger partial charge on any atom is -0.336 e. The smallest absolute Gasteiger partial charge is 0.317 e. The van der Waals surface area contributed by atoms with Crippen LogP contribution in [0.2, 0.25) is 0 Å². The van der Waals surface area contributed by atoms with Gasteiger partial charge in [0.1, 0.15) is 0 Å². The van der Waals surface area contributed by atoms with E-state index in [1.54, 1.807) is 4.90 Å². The van der Waals surface area contributed by atoms with E-state index in [0.29, 0.717) is 25.9 Å². The van der Waals surface area contributed by atoms with Gasteiger partial charge in [0.2, 0.25) is 11.8 Å². The van der Waals surface area contributed by atoms with Crippen molar-refractivity contribution in [2.45, 2.75) is 45.6 Å². The highest BCUT2D eigenvalue weighted by atomic mass is 16.2. The Balaban J connectivity index is 1.68. The van der Waals surface area contributed by atoms with Gasteiger partial charge in [0.05, 0.1) is 0 Å². The zero-order valence-electron chi connectivity index (χ0n) is 12.6. The van der Waals surface area contributed by atoms with Crippen LogP contribution in [0.5, 0.6) is 0 Å². The van der Waals surface area contributed by atoms with Crippen molar-refractivity contribution in [3.8, 4) is 0 Å². The maximum absolute atomic E-state index is 12.0. The summed E-state index contributed by atoms with van der Waals surface area (Å²) in [6.07, 6.45) is 3.06. The molecule has 7 nitrogen and oxygen atoms in total. The van der Waals surface area contributed by atoms with Crippen LogP contribution in [0.25, 0.3) is 0 Å². The molecule has 3 N–H and O–H groups in total. The number of carbonyl (C=O) groups excluding carboxylic acids is 3. The molecule has 2 aliphatic rings. The molecule has 0 aromatic rings. The highest BCUT2D eigenvalue weighted by molar-refractivity contribution is 5.85. The average Bonchev–Trinajstić information content (AvgIpc) is 3.28. The van der Waals surface area contributed by atoms with E-state index in [1.165, 1.54) is 0 Å². The second-order valence-corrected chi connectivity index (χ2v) is 6.12. The molecule has 118 valence electrons. The molecule has 2 fully saturated rings. The Bertz CT molecular complexity index is 412. The van der Waals surface area contributed by atoms with Crippen LogP contribution >= 0.6 is 0 Å². The van der Waals surface area contributed by atoms with Gasteiger partial charge < -0.3 is 10.2 Å². The molecule has 7 heteroatoms. The molecular weight excluding hydrogens is 272 g/mol.